The lowest BCUT2D eigenvalue weighted by Gasteiger charge is -2.38. The van der Waals surface area contributed by atoms with Crippen LogP contribution in [0.3, 0.4) is 0 Å². The van der Waals surface area contributed by atoms with Gasteiger partial charge in [0.25, 0.3) is 0 Å². The fourth-order valence-electron chi connectivity index (χ4n) is 3.06. The summed E-state index contributed by atoms with van der Waals surface area (Å²) in [6, 6.07) is 16.3. The number of phenolic OH excluding ortho intramolecular Hbond substituents is 1. The maximum absolute atomic E-state index is 9.55. The van der Waals surface area contributed by atoms with Gasteiger partial charge in [-0.05, 0) is 55.0 Å². The molecule has 0 saturated heterocycles. The van der Waals surface area contributed by atoms with E-state index in [4.69, 9.17) is 11.6 Å². The van der Waals surface area contributed by atoms with Crippen molar-refractivity contribution < 1.29 is 5.11 Å². The molecule has 0 amide bonds. The lowest BCUT2D eigenvalue weighted by molar-refractivity contribution is 0.271. The lowest BCUT2D eigenvalue weighted by Crippen LogP contribution is -2.41. The third-order valence-electron chi connectivity index (χ3n) is 4.34. The van der Waals surface area contributed by atoms with Crippen molar-refractivity contribution in [1.29, 1.82) is 0 Å². The largest absolute Gasteiger partial charge is 0.508 e. The highest BCUT2D eigenvalue weighted by molar-refractivity contribution is 6.31. The van der Waals surface area contributed by atoms with E-state index in [1.54, 1.807) is 6.07 Å². The normalized spacial score (nSPS) is 22.6. The van der Waals surface area contributed by atoms with Crippen LogP contribution in [-0.4, -0.2) is 11.1 Å². The molecule has 0 spiro atoms. The first-order chi connectivity index (χ1) is 10.1. The Labute approximate surface area is 130 Å². The van der Waals surface area contributed by atoms with Crippen LogP contribution in [0, 0.1) is 0 Å². The van der Waals surface area contributed by atoms with Crippen LogP contribution in [0.5, 0.6) is 5.75 Å². The van der Waals surface area contributed by atoms with Gasteiger partial charge in [-0.25, -0.2) is 0 Å². The number of rotatable bonds is 4. The highest BCUT2D eigenvalue weighted by atomic mass is 35.5. The summed E-state index contributed by atoms with van der Waals surface area (Å²) < 4.78 is 0. The number of nitrogens with one attached hydrogen (secondary N) is 1. The number of phenols is 1. The minimum Gasteiger partial charge on any atom is -0.508 e. The summed E-state index contributed by atoms with van der Waals surface area (Å²) >= 11 is 6.25. The zero-order chi connectivity index (χ0) is 14.8. The van der Waals surface area contributed by atoms with Gasteiger partial charge in [-0.1, -0.05) is 41.9 Å². The summed E-state index contributed by atoms with van der Waals surface area (Å²) in [5, 5.41) is 14.0. The van der Waals surface area contributed by atoms with Crippen LogP contribution >= 0.6 is 11.6 Å². The highest BCUT2D eigenvalue weighted by Crippen LogP contribution is 2.40. The van der Waals surface area contributed by atoms with Crippen molar-refractivity contribution in [3.05, 3.63) is 64.7 Å². The Kier molecular flexibility index (Phi) is 4.18. The van der Waals surface area contributed by atoms with E-state index in [0.29, 0.717) is 17.7 Å². The third kappa shape index (κ3) is 3.22. The molecule has 2 aromatic rings. The van der Waals surface area contributed by atoms with E-state index in [9.17, 15) is 5.11 Å². The SMILES string of the molecule is CC(NC1CC(c2ccccc2Cl)C1)c1cccc(O)c1. The number of hydrogen-bond donors (Lipinski definition) is 2. The van der Waals surface area contributed by atoms with E-state index in [1.807, 2.05) is 30.3 Å². The molecule has 0 bridgehead atoms. The standard InChI is InChI=1S/C18H20ClNO/c1-12(13-5-4-6-16(21)11-13)20-15-9-14(10-15)17-7-2-3-8-18(17)19/h2-8,11-12,14-15,20-21H,9-10H2,1H3. The van der Waals surface area contributed by atoms with Gasteiger partial charge in [-0.15, -0.1) is 0 Å². The predicted octanol–water partition coefficient (Wildman–Crippen LogP) is 4.64. The molecule has 0 aliphatic heterocycles. The molecule has 1 saturated carbocycles. The van der Waals surface area contributed by atoms with E-state index in [2.05, 4.69) is 24.4 Å². The average molecular weight is 302 g/mol. The number of aromatic hydroxyl groups is 1. The van der Waals surface area contributed by atoms with E-state index in [-0.39, 0.29) is 6.04 Å². The van der Waals surface area contributed by atoms with Crippen molar-refractivity contribution in [2.75, 3.05) is 0 Å². The summed E-state index contributed by atoms with van der Waals surface area (Å²) in [5.74, 6) is 0.885. The van der Waals surface area contributed by atoms with Crippen molar-refractivity contribution in [2.45, 2.75) is 37.8 Å². The second kappa shape index (κ2) is 6.08. The Morgan fingerprint density at radius 3 is 2.62 bits per heavy atom. The van der Waals surface area contributed by atoms with Gasteiger partial charge in [0.2, 0.25) is 0 Å². The van der Waals surface area contributed by atoms with Crippen LogP contribution in [0.2, 0.25) is 5.02 Å². The second-order valence-corrected chi connectivity index (χ2v) is 6.28. The van der Waals surface area contributed by atoms with E-state index >= 15 is 0 Å². The van der Waals surface area contributed by atoms with Crippen molar-refractivity contribution in [1.82, 2.24) is 5.32 Å². The van der Waals surface area contributed by atoms with Gasteiger partial charge in [0.05, 0.1) is 0 Å². The van der Waals surface area contributed by atoms with E-state index < -0.39 is 0 Å². The first kappa shape index (κ1) is 14.4. The maximum atomic E-state index is 9.55. The van der Waals surface area contributed by atoms with Crippen LogP contribution in [-0.2, 0) is 0 Å². The quantitative estimate of drug-likeness (QED) is 0.862. The molecule has 3 rings (SSSR count). The first-order valence-electron chi connectivity index (χ1n) is 7.43. The molecule has 1 aliphatic carbocycles. The Bertz CT molecular complexity index is 622. The highest BCUT2D eigenvalue weighted by Gasteiger charge is 2.32. The molecule has 0 radical (unpaired) electrons. The van der Waals surface area contributed by atoms with Gasteiger partial charge >= 0.3 is 0 Å². The predicted molar refractivity (Wildman–Crippen MR) is 86.9 cm³/mol. The van der Waals surface area contributed by atoms with Gasteiger partial charge < -0.3 is 10.4 Å². The van der Waals surface area contributed by atoms with Gasteiger partial charge in [0.1, 0.15) is 5.75 Å². The van der Waals surface area contributed by atoms with Crippen molar-refractivity contribution >= 4 is 11.6 Å². The molecule has 110 valence electrons. The van der Waals surface area contributed by atoms with Gasteiger partial charge in [-0.2, -0.15) is 0 Å². The summed E-state index contributed by atoms with van der Waals surface area (Å²) in [5.41, 5.74) is 2.39. The Morgan fingerprint density at radius 1 is 1.14 bits per heavy atom. The van der Waals surface area contributed by atoms with Crippen LogP contribution < -0.4 is 5.32 Å². The Balaban J connectivity index is 1.56. The number of halogens is 1. The molecule has 0 heterocycles. The molecule has 1 atom stereocenters. The van der Waals surface area contributed by atoms with Gasteiger partial charge in [0.15, 0.2) is 0 Å². The first-order valence-corrected chi connectivity index (χ1v) is 7.80. The van der Waals surface area contributed by atoms with Crippen molar-refractivity contribution in [3.63, 3.8) is 0 Å². The molecule has 21 heavy (non-hydrogen) atoms. The Hall–Kier alpha value is -1.51. The smallest absolute Gasteiger partial charge is 0.115 e. The average Bonchev–Trinajstić information content (AvgIpc) is 2.43. The Morgan fingerprint density at radius 2 is 1.90 bits per heavy atom. The summed E-state index contributed by atoms with van der Waals surface area (Å²) in [6.07, 6.45) is 2.24. The van der Waals surface area contributed by atoms with Crippen molar-refractivity contribution in [2.24, 2.45) is 0 Å². The van der Waals surface area contributed by atoms with Crippen molar-refractivity contribution in [3.8, 4) is 5.75 Å². The molecular weight excluding hydrogens is 282 g/mol. The summed E-state index contributed by atoms with van der Waals surface area (Å²) in [6.45, 7) is 2.14. The molecule has 1 unspecified atom stereocenters. The fourth-order valence-corrected chi connectivity index (χ4v) is 3.35. The molecular formula is C18H20ClNO. The van der Waals surface area contributed by atoms with E-state index in [0.717, 1.165) is 23.4 Å². The summed E-state index contributed by atoms with van der Waals surface area (Å²) in [4.78, 5) is 0. The molecule has 0 aromatic heterocycles. The molecule has 3 heteroatoms. The maximum Gasteiger partial charge on any atom is 0.115 e. The van der Waals surface area contributed by atoms with Crippen LogP contribution in [0.15, 0.2) is 48.5 Å². The van der Waals surface area contributed by atoms with Gasteiger partial charge in [0, 0.05) is 17.1 Å². The second-order valence-electron chi connectivity index (χ2n) is 5.87. The molecule has 1 aliphatic rings. The number of hydrogen-bond acceptors (Lipinski definition) is 2. The van der Waals surface area contributed by atoms with Crippen LogP contribution in [0.1, 0.15) is 42.9 Å². The fraction of sp³-hybridized carbons (Fsp3) is 0.333. The monoisotopic (exact) mass is 301 g/mol. The molecule has 2 aromatic carbocycles. The number of benzene rings is 2. The molecule has 2 nitrogen and oxygen atoms in total. The zero-order valence-corrected chi connectivity index (χ0v) is 12.8. The van der Waals surface area contributed by atoms with Gasteiger partial charge in [-0.3, -0.25) is 0 Å². The zero-order valence-electron chi connectivity index (χ0n) is 12.1. The van der Waals surface area contributed by atoms with Crippen LogP contribution in [0.4, 0.5) is 0 Å². The topological polar surface area (TPSA) is 32.3 Å². The summed E-state index contributed by atoms with van der Waals surface area (Å²) in [7, 11) is 0. The van der Waals surface area contributed by atoms with Crippen LogP contribution in [0.25, 0.3) is 0 Å². The molecule has 2 N–H and O–H groups in total. The lowest BCUT2D eigenvalue weighted by atomic mass is 9.75. The minimum atomic E-state index is 0.245. The third-order valence-corrected chi connectivity index (χ3v) is 4.68. The van der Waals surface area contributed by atoms with E-state index in [1.165, 1.54) is 5.56 Å². The molecule has 1 fully saturated rings. The minimum absolute atomic E-state index is 0.245.